The minimum absolute atomic E-state index is 0.108. The molecule has 0 aliphatic rings. The molecular formula is C23H19F3N4O4. The van der Waals surface area contributed by atoms with Crippen LogP contribution in [0.15, 0.2) is 54.6 Å². The molecule has 0 bridgehead atoms. The van der Waals surface area contributed by atoms with Crippen molar-refractivity contribution < 1.29 is 32.2 Å². The third-order valence-electron chi connectivity index (χ3n) is 4.94. The Labute approximate surface area is 191 Å². The summed E-state index contributed by atoms with van der Waals surface area (Å²) in [6, 6.07) is 13.5. The monoisotopic (exact) mass is 472 g/mol. The molecule has 0 saturated heterocycles. The summed E-state index contributed by atoms with van der Waals surface area (Å²) in [6.07, 6.45) is -4.72. The fraction of sp³-hybridized carbons (Fsp3) is 0.174. The zero-order chi connectivity index (χ0) is 24.5. The summed E-state index contributed by atoms with van der Waals surface area (Å²) in [5.74, 6) is 0.165. The lowest BCUT2D eigenvalue weighted by Gasteiger charge is -2.14. The van der Waals surface area contributed by atoms with Gasteiger partial charge in [0.1, 0.15) is 0 Å². The number of ether oxygens (including phenoxy) is 3. The summed E-state index contributed by atoms with van der Waals surface area (Å²) in [6.45, 7) is 0. The SMILES string of the molecule is COc1cc(NC(=O)c2cc3nc(-c4ccccc4)cc(C(F)(F)F)n3n2)cc(OC)c1OC. The fourth-order valence-corrected chi connectivity index (χ4v) is 3.39. The van der Waals surface area contributed by atoms with E-state index in [0.717, 1.165) is 6.07 Å². The van der Waals surface area contributed by atoms with E-state index < -0.39 is 17.8 Å². The van der Waals surface area contributed by atoms with Crippen molar-refractivity contribution in [1.29, 1.82) is 0 Å². The second kappa shape index (κ2) is 8.93. The van der Waals surface area contributed by atoms with Crippen LogP contribution in [0.2, 0.25) is 0 Å². The van der Waals surface area contributed by atoms with E-state index in [0.29, 0.717) is 27.3 Å². The van der Waals surface area contributed by atoms with Crippen molar-refractivity contribution in [3.8, 4) is 28.5 Å². The molecule has 4 rings (SSSR count). The molecule has 1 N–H and O–H groups in total. The molecule has 2 aromatic heterocycles. The molecule has 0 aliphatic heterocycles. The summed E-state index contributed by atoms with van der Waals surface area (Å²) >= 11 is 0. The molecule has 0 aliphatic carbocycles. The number of nitrogens with zero attached hydrogens (tertiary/aromatic N) is 3. The Morgan fingerprint density at radius 3 is 2.15 bits per heavy atom. The summed E-state index contributed by atoms with van der Waals surface area (Å²) in [5, 5.41) is 6.45. The summed E-state index contributed by atoms with van der Waals surface area (Å²) in [7, 11) is 4.27. The molecule has 11 heteroatoms. The van der Waals surface area contributed by atoms with Gasteiger partial charge in [0.05, 0.1) is 27.0 Å². The van der Waals surface area contributed by atoms with Crippen molar-refractivity contribution >= 4 is 17.2 Å². The first-order valence-corrected chi connectivity index (χ1v) is 9.90. The number of hydrogen-bond donors (Lipinski definition) is 1. The van der Waals surface area contributed by atoms with E-state index in [-0.39, 0.29) is 22.7 Å². The van der Waals surface area contributed by atoms with Gasteiger partial charge < -0.3 is 19.5 Å². The number of anilines is 1. The number of aromatic nitrogens is 3. The molecular weight excluding hydrogens is 453 g/mol. The van der Waals surface area contributed by atoms with E-state index in [9.17, 15) is 18.0 Å². The van der Waals surface area contributed by atoms with Crippen LogP contribution in [0.25, 0.3) is 16.9 Å². The van der Waals surface area contributed by atoms with Crippen molar-refractivity contribution in [1.82, 2.24) is 14.6 Å². The number of nitrogens with one attached hydrogen (secondary N) is 1. The van der Waals surface area contributed by atoms with Gasteiger partial charge in [0, 0.05) is 29.4 Å². The van der Waals surface area contributed by atoms with Crippen molar-refractivity contribution in [2.24, 2.45) is 0 Å². The van der Waals surface area contributed by atoms with Crippen molar-refractivity contribution in [3.63, 3.8) is 0 Å². The van der Waals surface area contributed by atoms with Crippen LogP contribution >= 0.6 is 0 Å². The largest absolute Gasteiger partial charge is 0.493 e. The summed E-state index contributed by atoms with van der Waals surface area (Å²) < 4.78 is 57.7. The van der Waals surface area contributed by atoms with E-state index in [2.05, 4.69) is 15.4 Å². The Hall–Kier alpha value is -4.28. The topological polar surface area (TPSA) is 87.0 Å². The molecule has 4 aromatic rings. The minimum atomic E-state index is -4.72. The van der Waals surface area contributed by atoms with Gasteiger partial charge in [-0.2, -0.15) is 18.3 Å². The van der Waals surface area contributed by atoms with Crippen molar-refractivity contribution in [3.05, 3.63) is 66.0 Å². The van der Waals surface area contributed by atoms with Gasteiger partial charge in [0.2, 0.25) is 5.75 Å². The lowest BCUT2D eigenvalue weighted by Crippen LogP contribution is -2.16. The lowest BCUT2D eigenvalue weighted by atomic mass is 10.1. The van der Waals surface area contributed by atoms with Gasteiger partial charge in [-0.25, -0.2) is 9.50 Å². The van der Waals surface area contributed by atoms with E-state index in [1.54, 1.807) is 30.3 Å². The van der Waals surface area contributed by atoms with E-state index in [1.165, 1.54) is 39.5 Å². The first-order chi connectivity index (χ1) is 16.2. The quantitative estimate of drug-likeness (QED) is 0.438. The van der Waals surface area contributed by atoms with Gasteiger partial charge in [0.15, 0.2) is 28.5 Å². The van der Waals surface area contributed by atoms with Crippen LogP contribution in [0.4, 0.5) is 18.9 Å². The van der Waals surface area contributed by atoms with Crippen LogP contribution in [0.3, 0.4) is 0 Å². The van der Waals surface area contributed by atoms with Crippen LogP contribution in [-0.2, 0) is 6.18 Å². The Morgan fingerprint density at radius 2 is 1.59 bits per heavy atom. The Kier molecular flexibility index (Phi) is 6.01. The Morgan fingerprint density at radius 1 is 0.941 bits per heavy atom. The third kappa shape index (κ3) is 4.32. The zero-order valence-electron chi connectivity index (χ0n) is 18.3. The van der Waals surface area contributed by atoms with Gasteiger partial charge in [-0.05, 0) is 6.07 Å². The van der Waals surface area contributed by atoms with E-state index in [4.69, 9.17) is 14.2 Å². The number of hydrogen-bond acceptors (Lipinski definition) is 6. The molecule has 34 heavy (non-hydrogen) atoms. The van der Waals surface area contributed by atoms with Crippen molar-refractivity contribution in [2.75, 3.05) is 26.6 Å². The number of carbonyl (C=O) groups excluding carboxylic acids is 1. The molecule has 0 radical (unpaired) electrons. The molecule has 0 spiro atoms. The van der Waals surface area contributed by atoms with Crippen LogP contribution in [0.5, 0.6) is 17.2 Å². The first kappa shape index (κ1) is 22.9. The van der Waals surface area contributed by atoms with Gasteiger partial charge in [-0.15, -0.1) is 0 Å². The van der Waals surface area contributed by atoms with Gasteiger partial charge >= 0.3 is 6.18 Å². The van der Waals surface area contributed by atoms with Crippen molar-refractivity contribution in [2.45, 2.75) is 6.18 Å². The number of fused-ring (bicyclic) bond motifs is 1. The van der Waals surface area contributed by atoms with Gasteiger partial charge in [-0.1, -0.05) is 30.3 Å². The predicted molar refractivity (Wildman–Crippen MR) is 117 cm³/mol. The lowest BCUT2D eigenvalue weighted by molar-refractivity contribution is -0.142. The number of rotatable bonds is 6. The molecule has 0 atom stereocenters. The van der Waals surface area contributed by atoms with Crippen LogP contribution in [0, 0.1) is 0 Å². The number of benzene rings is 2. The van der Waals surface area contributed by atoms with E-state index in [1.807, 2.05) is 0 Å². The van der Waals surface area contributed by atoms with Crippen LogP contribution in [0.1, 0.15) is 16.2 Å². The second-order valence-electron chi connectivity index (χ2n) is 7.06. The standard InChI is InChI=1S/C23H19F3N4O4/c1-32-17-9-14(10-18(33-2)21(17)34-3)27-22(31)16-12-20-28-15(13-7-5-4-6-8-13)11-19(23(24,25)26)30(20)29-16/h4-12H,1-3H3,(H,27,31). The van der Waals surface area contributed by atoms with Crippen LogP contribution in [-0.4, -0.2) is 41.8 Å². The number of amides is 1. The average molecular weight is 472 g/mol. The Balaban J connectivity index is 1.75. The molecule has 1 amide bonds. The number of alkyl halides is 3. The zero-order valence-corrected chi connectivity index (χ0v) is 18.3. The maximum absolute atomic E-state index is 13.8. The average Bonchev–Trinajstić information content (AvgIpc) is 3.27. The normalized spacial score (nSPS) is 11.4. The molecule has 0 fully saturated rings. The van der Waals surface area contributed by atoms with Gasteiger partial charge in [0.25, 0.3) is 5.91 Å². The maximum Gasteiger partial charge on any atom is 0.433 e. The molecule has 176 valence electrons. The molecule has 8 nitrogen and oxygen atoms in total. The molecule has 0 unspecified atom stereocenters. The highest BCUT2D eigenvalue weighted by molar-refractivity contribution is 6.03. The third-order valence-corrected chi connectivity index (χ3v) is 4.94. The minimum Gasteiger partial charge on any atom is -0.493 e. The second-order valence-corrected chi connectivity index (χ2v) is 7.06. The van der Waals surface area contributed by atoms with Crippen LogP contribution < -0.4 is 19.5 Å². The molecule has 2 aromatic carbocycles. The highest BCUT2D eigenvalue weighted by Crippen LogP contribution is 2.40. The smallest absolute Gasteiger partial charge is 0.433 e. The first-order valence-electron chi connectivity index (χ1n) is 9.90. The number of carbonyl (C=O) groups is 1. The molecule has 2 heterocycles. The maximum atomic E-state index is 13.8. The Bertz CT molecular complexity index is 1330. The fourth-order valence-electron chi connectivity index (χ4n) is 3.39. The highest BCUT2D eigenvalue weighted by atomic mass is 19.4. The summed E-state index contributed by atoms with van der Waals surface area (Å²) in [5.41, 5.74) is -0.550. The van der Waals surface area contributed by atoms with E-state index >= 15 is 0 Å². The van der Waals surface area contributed by atoms with Gasteiger partial charge in [-0.3, -0.25) is 4.79 Å². The molecule has 0 saturated carbocycles. The predicted octanol–water partition coefficient (Wildman–Crippen LogP) is 4.69. The number of halogens is 3. The number of methoxy groups -OCH3 is 3. The highest BCUT2D eigenvalue weighted by Gasteiger charge is 2.35. The summed E-state index contributed by atoms with van der Waals surface area (Å²) in [4.78, 5) is 17.1.